The lowest BCUT2D eigenvalue weighted by Gasteiger charge is -2.13. The van der Waals surface area contributed by atoms with Crippen molar-refractivity contribution in [3.63, 3.8) is 0 Å². The molecule has 6 heteroatoms. The van der Waals surface area contributed by atoms with Gasteiger partial charge in [0.05, 0.1) is 16.5 Å². The summed E-state index contributed by atoms with van der Waals surface area (Å²) in [5.41, 5.74) is 2.26. The monoisotopic (exact) mass is 441 g/mol. The van der Waals surface area contributed by atoms with E-state index in [0.717, 1.165) is 27.1 Å². The fourth-order valence-corrected chi connectivity index (χ4v) is 4.72. The average molecular weight is 442 g/mol. The molecule has 0 saturated carbocycles. The van der Waals surface area contributed by atoms with Crippen LogP contribution in [0.3, 0.4) is 0 Å². The van der Waals surface area contributed by atoms with E-state index in [9.17, 15) is 10.1 Å². The molecule has 3 aromatic rings. The van der Waals surface area contributed by atoms with Crippen LogP contribution in [0.25, 0.3) is 16.8 Å². The largest absolute Gasteiger partial charge is 0.488 e. The van der Waals surface area contributed by atoms with Crippen LogP contribution in [0.4, 0.5) is 0 Å². The zero-order valence-corrected chi connectivity index (χ0v) is 18.9. The van der Waals surface area contributed by atoms with E-state index in [-0.39, 0.29) is 12.5 Å². The number of aliphatic imine (C=N–C) groups is 1. The van der Waals surface area contributed by atoms with Gasteiger partial charge in [0, 0.05) is 24.2 Å². The average Bonchev–Trinajstić information content (AvgIpc) is 3.12. The van der Waals surface area contributed by atoms with Crippen molar-refractivity contribution in [1.82, 2.24) is 4.90 Å². The van der Waals surface area contributed by atoms with Gasteiger partial charge in [0.15, 0.2) is 5.17 Å². The number of amidine groups is 1. The number of thioether (sulfide) groups is 1. The number of nitriles is 1. The third-order valence-corrected chi connectivity index (χ3v) is 6.27. The Balaban J connectivity index is 1.76. The van der Waals surface area contributed by atoms with Gasteiger partial charge in [-0.1, -0.05) is 48.5 Å². The minimum absolute atomic E-state index is 0.0431. The van der Waals surface area contributed by atoms with Crippen LogP contribution in [-0.4, -0.2) is 29.1 Å². The smallest absolute Gasteiger partial charge is 0.266 e. The molecule has 0 spiro atoms. The number of amides is 1. The van der Waals surface area contributed by atoms with Crippen LogP contribution in [-0.2, 0) is 11.4 Å². The van der Waals surface area contributed by atoms with Gasteiger partial charge >= 0.3 is 0 Å². The SMILES string of the molecule is CCN=C1S/C(=C\c2c(OCc3ccccc3C#N)ccc3ccccc23)C(=O)N1CC. The van der Waals surface area contributed by atoms with Gasteiger partial charge < -0.3 is 4.74 Å². The molecular weight excluding hydrogens is 418 g/mol. The third-order valence-electron chi connectivity index (χ3n) is 5.22. The van der Waals surface area contributed by atoms with Crippen LogP contribution in [0.15, 0.2) is 70.6 Å². The summed E-state index contributed by atoms with van der Waals surface area (Å²) < 4.78 is 6.19. The van der Waals surface area contributed by atoms with E-state index in [1.807, 2.05) is 74.5 Å². The van der Waals surface area contributed by atoms with Gasteiger partial charge in [0.1, 0.15) is 12.4 Å². The number of ether oxygens (including phenoxy) is 1. The van der Waals surface area contributed by atoms with Gasteiger partial charge in [-0.05, 0) is 54.6 Å². The molecule has 32 heavy (non-hydrogen) atoms. The summed E-state index contributed by atoms with van der Waals surface area (Å²) in [7, 11) is 0. The predicted molar refractivity (Wildman–Crippen MR) is 130 cm³/mol. The molecule has 4 rings (SSSR count). The highest BCUT2D eigenvalue weighted by Crippen LogP contribution is 2.37. The normalized spacial score (nSPS) is 16.2. The third kappa shape index (κ3) is 4.25. The Morgan fingerprint density at radius 3 is 2.66 bits per heavy atom. The fourth-order valence-electron chi connectivity index (χ4n) is 3.63. The summed E-state index contributed by atoms with van der Waals surface area (Å²) >= 11 is 1.40. The number of benzene rings is 3. The molecule has 0 aliphatic carbocycles. The summed E-state index contributed by atoms with van der Waals surface area (Å²) in [5, 5.41) is 12.2. The zero-order chi connectivity index (χ0) is 22.5. The van der Waals surface area contributed by atoms with E-state index >= 15 is 0 Å². The Bertz CT molecular complexity index is 1270. The zero-order valence-electron chi connectivity index (χ0n) is 18.0. The molecule has 0 atom stereocenters. The Morgan fingerprint density at radius 2 is 1.88 bits per heavy atom. The summed E-state index contributed by atoms with van der Waals surface area (Å²) in [6.45, 7) is 5.38. The minimum Gasteiger partial charge on any atom is -0.488 e. The first-order valence-corrected chi connectivity index (χ1v) is 11.4. The van der Waals surface area contributed by atoms with Crippen molar-refractivity contribution < 1.29 is 9.53 Å². The number of carbonyl (C=O) groups excluding carboxylic acids is 1. The van der Waals surface area contributed by atoms with Crippen molar-refractivity contribution in [2.75, 3.05) is 13.1 Å². The van der Waals surface area contributed by atoms with E-state index in [1.165, 1.54) is 11.8 Å². The maximum Gasteiger partial charge on any atom is 0.266 e. The minimum atomic E-state index is -0.0431. The topological polar surface area (TPSA) is 65.7 Å². The maximum atomic E-state index is 13.0. The highest BCUT2D eigenvalue weighted by molar-refractivity contribution is 8.18. The summed E-state index contributed by atoms with van der Waals surface area (Å²) in [6.07, 6.45) is 1.90. The van der Waals surface area contributed by atoms with Gasteiger partial charge in [0.2, 0.25) is 0 Å². The lowest BCUT2D eigenvalue weighted by Crippen LogP contribution is -2.28. The van der Waals surface area contributed by atoms with Crippen LogP contribution in [0.1, 0.15) is 30.5 Å². The Morgan fingerprint density at radius 1 is 1.09 bits per heavy atom. The van der Waals surface area contributed by atoms with Crippen LogP contribution in [0.2, 0.25) is 0 Å². The molecule has 1 saturated heterocycles. The lowest BCUT2D eigenvalue weighted by molar-refractivity contribution is -0.122. The van der Waals surface area contributed by atoms with Crippen molar-refractivity contribution >= 4 is 39.7 Å². The Labute approximate surface area is 192 Å². The standard InChI is InChI=1S/C26H23N3O2S/c1-3-28-26-29(4-2)25(30)24(32-26)15-22-21-12-8-7-9-18(21)13-14-23(22)31-17-20-11-6-5-10-19(20)16-27/h5-15H,3-4,17H2,1-2H3/b24-15-,28-26?. The molecule has 3 aromatic carbocycles. The molecular formula is C26H23N3O2S. The molecule has 1 aliphatic heterocycles. The molecule has 0 bridgehead atoms. The van der Waals surface area contributed by atoms with E-state index in [1.54, 1.807) is 11.0 Å². The molecule has 1 fully saturated rings. The number of fused-ring (bicyclic) bond motifs is 1. The number of rotatable bonds is 6. The molecule has 0 N–H and O–H groups in total. The van der Waals surface area contributed by atoms with Gasteiger partial charge in [-0.2, -0.15) is 5.26 Å². The summed E-state index contributed by atoms with van der Waals surface area (Å²) in [6, 6.07) is 21.6. The first-order valence-electron chi connectivity index (χ1n) is 10.5. The number of nitrogens with zero attached hydrogens (tertiary/aromatic N) is 3. The second-order valence-corrected chi connectivity index (χ2v) is 8.18. The molecule has 0 unspecified atom stereocenters. The van der Waals surface area contributed by atoms with Crippen molar-refractivity contribution in [2.24, 2.45) is 4.99 Å². The van der Waals surface area contributed by atoms with E-state index in [0.29, 0.717) is 29.3 Å². The van der Waals surface area contributed by atoms with Crippen molar-refractivity contribution in [1.29, 1.82) is 5.26 Å². The molecule has 1 heterocycles. The van der Waals surface area contributed by atoms with Gasteiger partial charge in [-0.3, -0.25) is 14.7 Å². The van der Waals surface area contributed by atoms with E-state index in [4.69, 9.17) is 4.74 Å². The second-order valence-electron chi connectivity index (χ2n) is 7.17. The summed E-state index contributed by atoms with van der Waals surface area (Å²) in [4.78, 5) is 19.8. The van der Waals surface area contributed by atoms with Crippen molar-refractivity contribution in [3.05, 3.63) is 82.3 Å². The van der Waals surface area contributed by atoms with Gasteiger partial charge in [-0.15, -0.1) is 0 Å². The molecule has 0 radical (unpaired) electrons. The lowest BCUT2D eigenvalue weighted by atomic mass is 10.0. The van der Waals surface area contributed by atoms with Crippen molar-refractivity contribution in [2.45, 2.75) is 20.5 Å². The molecule has 1 aliphatic rings. The van der Waals surface area contributed by atoms with Crippen LogP contribution in [0, 0.1) is 11.3 Å². The highest BCUT2D eigenvalue weighted by Gasteiger charge is 2.32. The molecule has 0 aromatic heterocycles. The first kappa shape index (κ1) is 21.7. The van der Waals surface area contributed by atoms with E-state index in [2.05, 4.69) is 11.1 Å². The fraction of sp³-hybridized carbons (Fsp3) is 0.192. The van der Waals surface area contributed by atoms with Crippen molar-refractivity contribution in [3.8, 4) is 11.8 Å². The highest BCUT2D eigenvalue weighted by atomic mass is 32.2. The quantitative estimate of drug-likeness (QED) is 0.467. The number of carbonyl (C=O) groups is 1. The molecule has 160 valence electrons. The Kier molecular flexibility index (Phi) is 6.58. The molecule has 1 amide bonds. The summed E-state index contributed by atoms with van der Waals surface area (Å²) in [5.74, 6) is 0.625. The van der Waals surface area contributed by atoms with Gasteiger partial charge in [-0.25, -0.2) is 0 Å². The van der Waals surface area contributed by atoms with Crippen LogP contribution >= 0.6 is 11.8 Å². The number of hydrogen-bond donors (Lipinski definition) is 0. The van der Waals surface area contributed by atoms with Gasteiger partial charge in [0.25, 0.3) is 5.91 Å². The van der Waals surface area contributed by atoms with Crippen LogP contribution < -0.4 is 4.74 Å². The number of hydrogen-bond acceptors (Lipinski definition) is 5. The van der Waals surface area contributed by atoms with Crippen LogP contribution in [0.5, 0.6) is 5.75 Å². The second kappa shape index (κ2) is 9.71. The molecule has 5 nitrogen and oxygen atoms in total. The predicted octanol–water partition coefficient (Wildman–Crippen LogP) is 5.60. The Hall–Kier alpha value is -3.56. The first-order chi connectivity index (χ1) is 15.7. The number of likely N-dealkylation sites (N-methyl/N-ethyl adjacent to an activating group) is 1. The van der Waals surface area contributed by atoms with E-state index < -0.39 is 0 Å². The maximum absolute atomic E-state index is 13.0.